The Kier molecular flexibility index (Phi) is 3.79. The van der Waals surface area contributed by atoms with E-state index in [4.69, 9.17) is 5.73 Å². The average Bonchev–Trinajstić information content (AvgIpc) is 2.76. The number of hydrogen-bond donors (Lipinski definition) is 1. The highest BCUT2D eigenvalue weighted by Gasteiger charge is 2.26. The molecule has 0 bridgehead atoms. The van der Waals surface area contributed by atoms with E-state index in [9.17, 15) is 4.79 Å². The Morgan fingerprint density at radius 2 is 2.18 bits per heavy atom. The lowest BCUT2D eigenvalue weighted by atomic mass is 10.1. The molecule has 2 rings (SSSR count). The number of nitrogens with zero attached hydrogens (tertiary/aromatic N) is 1. The second kappa shape index (κ2) is 5.32. The first kappa shape index (κ1) is 12.1. The Balaban J connectivity index is 1.92. The number of likely N-dealkylation sites (tertiary alicyclic amines) is 1. The molecule has 1 aromatic rings. The Labute approximate surface area is 103 Å². The predicted octanol–water partition coefficient (Wildman–Crippen LogP) is 1.42. The van der Waals surface area contributed by atoms with Crippen molar-refractivity contribution >= 4 is 5.91 Å². The summed E-state index contributed by atoms with van der Waals surface area (Å²) in [6, 6.07) is 9.55. The molecule has 1 unspecified atom stereocenters. The maximum atomic E-state index is 12.1. The van der Waals surface area contributed by atoms with Crippen LogP contribution in [0, 0.1) is 5.92 Å². The third-order valence-electron chi connectivity index (χ3n) is 3.35. The lowest BCUT2D eigenvalue weighted by molar-refractivity contribution is -0.131. The number of rotatable bonds is 3. The zero-order chi connectivity index (χ0) is 12.3. The van der Waals surface area contributed by atoms with E-state index in [1.54, 1.807) is 0 Å². The molecule has 2 atom stereocenters. The molecule has 0 aliphatic carbocycles. The van der Waals surface area contributed by atoms with Crippen molar-refractivity contribution in [2.45, 2.75) is 25.8 Å². The molecule has 17 heavy (non-hydrogen) atoms. The fourth-order valence-electron chi connectivity index (χ4n) is 2.33. The maximum Gasteiger partial charge on any atom is 0.239 e. The molecule has 1 saturated heterocycles. The predicted molar refractivity (Wildman–Crippen MR) is 68.5 cm³/mol. The summed E-state index contributed by atoms with van der Waals surface area (Å²) < 4.78 is 0. The van der Waals surface area contributed by atoms with Crippen LogP contribution in [0.3, 0.4) is 0 Å². The van der Waals surface area contributed by atoms with Crippen LogP contribution >= 0.6 is 0 Å². The number of benzene rings is 1. The molecule has 1 amide bonds. The van der Waals surface area contributed by atoms with Gasteiger partial charge in [-0.2, -0.15) is 0 Å². The summed E-state index contributed by atoms with van der Waals surface area (Å²) in [5.41, 5.74) is 7.11. The Morgan fingerprint density at radius 1 is 1.47 bits per heavy atom. The average molecular weight is 232 g/mol. The van der Waals surface area contributed by atoms with E-state index in [2.05, 4.69) is 6.92 Å². The van der Waals surface area contributed by atoms with Crippen LogP contribution in [0.5, 0.6) is 0 Å². The van der Waals surface area contributed by atoms with Gasteiger partial charge in [0.1, 0.15) is 0 Å². The van der Waals surface area contributed by atoms with E-state index in [1.807, 2.05) is 35.2 Å². The fourth-order valence-corrected chi connectivity index (χ4v) is 2.33. The van der Waals surface area contributed by atoms with Crippen molar-refractivity contribution in [2.75, 3.05) is 13.1 Å². The summed E-state index contributed by atoms with van der Waals surface area (Å²) in [4.78, 5) is 14.0. The van der Waals surface area contributed by atoms with Crippen molar-refractivity contribution in [3.63, 3.8) is 0 Å². The van der Waals surface area contributed by atoms with E-state index < -0.39 is 6.04 Å². The van der Waals surface area contributed by atoms with Crippen LogP contribution in [0.4, 0.5) is 0 Å². The molecule has 1 aliphatic heterocycles. The van der Waals surface area contributed by atoms with Crippen molar-refractivity contribution < 1.29 is 4.79 Å². The van der Waals surface area contributed by atoms with Gasteiger partial charge in [-0.1, -0.05) is 37.3 Å². The van der Waals surface area contributed by atoms with Crippen molar-refractivity contribution in [1.82, 2.24) is 4.90 Å². The maximum absolute atomic E-state index is 12.1. The highest BCUT2D eigenvalue weighted by molar-refractivity contribution is 5.82. The van der Waals surface area contributed by atoms with Crippen molar-refractivity contribution in [3.8, 4) is 0 Å². The smallest absolute Gasteiger partial charge is 0.239 e. The van der Waals surface area contributed by atoms with Crippen LogP contribution in [0.25, 0.3) is 0 Å². The minimum absolute atomic E-state index is 0.0956. The van der Waals surface area contributed by atoms with Gasteiger partial charge in [-0.25, -0.2) is 0 Å². The molecule has 92 valence electrons. The number of amides is 1. The van der Waals surface area contributed by atoms with Gasteiger partial charge in [0.25, 0.3) is 0 Å². The van der Waals surface area contributed by atoms with Gasteiger partial charge < -0.3 is 10.6 Å². The quantitative estimate of drug-likeness (QED) is 0.857. The SMILES string of the molecule is CC1CCN(C(=O)[C@H](N)Cc2ccccc2)C1. The van der Waals surface area contributed by atoms with Crippen LogP contribution in [0.2, 0.25) is 0 Å². The molecule has 0 aromatic heterocycles. The van der Waals surface area contributed by atoms with Gasteiger partial charge in [-0.3, -0.25) is 4.79 Å². The summed E-state index contributed by atoms with van der Waals surface area (Å²) in [6.45, 7) is 3.90. The lowest BCUT2D eigenvalue weighted by Gasteiger charge is -2.20. The van der Waals surface area contributed by atoms with E-state index in [1.165, 1.54) is 0 Å². The van der Waals surface area contributed by atoms with Gasteiger partial charge in [0.2, 0.25) is 5.91 Å². The topological polar surface area (TPSA) is 46.3 Å². The third-order valence-corrected chi connectivity index (χ3v) is 3.35. The van der Waals surface area contributed by atoms with Crippen molar-refractivity contribution in [2.24, 2.45) is 11.7 Å². The third kappa shape index (κ3) is 3.07. The summed E-state index contributed by atoms with van der Waals surface area (Å²) >= 11 is 0. The summed E-state index contributed by atoms with van der Waals surface area (Å²) in [7, 11) is 0. The molecule has 1 aliphatic rings. The molecule has 1 aromatic carbocycles. The minimum Gasteiger partial charge on any atom is -0.341 e. The summed E-state index contributed by atoms with van der Waals surface area (Å²) in [6.07, 6.45) is 1.73. The van der Waals surface area contributed by atoms with Gasteiger partial charge in [-0.15, -0.1) is 0 Å². The van der Waals surface area contributed by atoms with Gasteiger partial charge in [-0.05, 0) is 24.3 Å². The Hall–Kier alpha value is -1.35. The van der Waals surface area contributed by atoms with Crippen molar-refractivity contribution in [1.29, 1.82) is 0 Å². The summed E-state index contributed by atoms with van der Waals surface area (Å²) in [5.74, 6) is 0.709. The largest absolute Gasteiger partial charge is 0.341 e. The standard InChI is InChI=1S/C14H20N2O/c1-11-7-8-16(10-11)14(17)13(15)9-12-5-3-2-4-6-12/h2-6,11,13H,7-10,15H2,1H3/t11?,13-/m1/s1. The Bertz CT molecular complexity index is 377. The zero-order valence-corrected chi connectivity index (χ0v) is 10.3. The van der Waals surface area contributed by atoms with E-state index in [0.29, 0.717) is 12.3 Å². The normalized spacial score (nSPS) is 21.5. The molecule has 0 saturated carbocycles. The molecule has 1 fully saturated rings. The fraction of sp³-hybridized carbons (Fsp3) is 0.500. The van der Waals surface area contributed by atoms with Crippen LogP contribution in [-0.4, -0.2) is 29.9 Å². The summed E-state index contributed by atoms with van der Waals surface area (Å²) in [5, 5.41) is 0. The minimum atomic E-state index is -0.400. The molecule has 0 radical (unpaired) electrons. The number of carbonyl (C=O) groups excluding carboxylic acids is 1. The highest BCUT2D eigenvalue weighted by Crippen LogP contribution is 2.16. The second-order valence-electron chi connectivity index (χ2n) is 4.97. The molecule has 2 N–H and O–H groups in total. The van der Waals surface area contributed by atoms with E-state index >= 15 is 0 Å². The zero-order valence-electron chi connectivity index (χ0n) is 10.3. The van der Waals surface area contributed by atoms with Gasteiger partial charge in [0, 0.05) is 13.1 Å². The monoisotopic (exact) mass is 232 g/mol. The van der Waals surface area contributed by atoms with Gasteiger partial charge in [0.05, 0.1) is 6.04 Å². The first-order chi connectivity index (χ1) is 8.16. The molecular formula is C14H20N2O. The van der Waals surface area contributed by atoms with E-state index in [0.717, 1.165) is 25.1 Å². The first-order valence-corrected chi connectivity index (χ1v) is 6.25. The van der Waals surface area contributed by atoms with Crippen LogP contribution in [-0.2, 0) is 11.2 Å². The van der Waals surface area contributed by atoms with Crippen LogP contribution in [0.15, 0.2) is 30.3 Å². The van der Waals surface area contributed by atoms with Crippen LogP contribution < -0.4 is 5.73 Å². The first-order valence-electron chi connectivity index (χ1n) is 6.25. The van der Waals surface area contributed by atoms with E-state index in [-0.39, 0.29) is 5.91 Å². The van der Waals surface area contributed by atoms with Gasteiger partial charge in [0.15, 0.2) is 0 Å². The molecule has 3 heteroatoms. The Morgan fingerprint density at radius 3 is 2.76 bits per heavy atom. The molecule has 0 spiro atoms. The number of nitrogens with two attached hydrogens (primary N) is 1. The van der Waals surface area contributed by atoms with Crippen LogP contribution in [0.1, 0.15) is 18.9 Å². The van der Waals surface area contributed by atoms with Crippen molar-refractivity contribution in [3.05, 3.63) is 35.9 Å². The number of carbonyl (C=O) groups is 1. The number of hydrogen-bond acceptors (Lipinski definition) is 2. The second-order valence-corrected chi connectivity index (χ2v) is 4.97. The molecule has 1 heterocycles. The molecule has 3 nitrogen and oxygen atoms in total. The molecular weight excluding hydrogens is 212 g/mol. The van der Waals surface area contributed by atoms with Gasteiger partial charge >= 0.3 is 0 Å². The highest BCUT2D eigenvalue weighted by atomic mass is 16.2. The lowest BCUT2D eigenvalue weighted by Crippen LogP contribution is -2.43.